The average molecular weight is 498 g/mol. The van der Waals surface area contributed by atoms with Crippen LogP contribution in [0.1, 0.15) is 31.9 Å². The highest BCUT2D eigenvalue weighted by molar-refractivity contribution is 14.0. The lowest BCUT2D eigenvalue weighted by Crippen LogP contribution is -2.38. The zero-order valence-corrected chi connectivity index (χ0v) is 19.1. The Morgan fingerprint density at radius 1 is 1.15 bits per heavy atom. The fraction of sp³-hybridized carbons (Fsp3) is 0.588. The Bertz CT molecular complexity index is 634. The molecule has 0 atom stereocenters. The third-order valence-corrected chi connectivity index (χ3v) is 4.77. The van der Waals surface area contributed by atoms with E-state index in [1.165, 1.54) is 0 Å². The number of halogens is 1. The number of benzene rings is 1. The normalized spacial score (nSPS) is 12.0. The summed E-state index contributed by atoms with van der Waals surface area (Å²) in [6.07, 6.45) is 0. The van der Waals surface area contributed by atoms with Crippen LogP contribution in [0.3, 0.4) is 0 Å². The molecular formula is C17H31IN4O3S. The molecule has 1 rings (SSSR count). The Kier molecular flexibility index (Phi) is 12.8. The van der Waals surface area contributed by atoms with Gasteiger partial charge >= 0.3 is 0 Å². The van der Waals surface area contributed by atoms with Crippen molar-refractivity contribution in [1.82, 2.24) is 15.4 Å². The molecule has 0 saturated heterocycles. The number of guanidine groups is 1. The van der Waals surface area contributed by atoms with Crippen molar-refractivity contribution in [2.75, 3.05) is 26.8 Å². The molecule has 0 fully saturated rings. The molecule has 0 unspecified atom stereocenters. The predicted octanol–water partition coefficient (Wildman–Crippen LogP) is 1.83. The molecule has 0 radical (unpaired) electrons. The minimum atomic E-state index is -3.30. The lowest BCUT2D eigenvalue weighted by molar-refractivity contribution is 0.152. The van der Waals surface area contributed by atoms with Gasteiger partial charge in [-0.3, -0.25) is 4.99 Å². The quantitative estimate of drug-likeness (QED) is 0.198. The van der Waals surface area contributed by atoms with Crippen LogP contribution in [0.15, 0.2) is 29.3 Å². The molecular weight excluding hydrogens is 467 g/mol. The SMILES string of the molecule is CCOCCNC(=NC)NCc1ccc(CS(=O)(=O)NC(C)C)cc1.I. The second-order valence-electron chi connectivity index (χ2n) is 5.90. The molecule has 3 N–H and O–H groups in total. The van der Waals surface area contributed by atoms with Crippen LogP contribution in [0.25, 0.3) is 0 Å². The largest absolute Gasteiger partial charge is 0.380 e. The summed E-state index contributed by atoms with van der Waals surface area (Å²) in [5, 5.41) is 6.37. The first-order valence-electron chi connectivity index (χ1n) is 8.46. The van der Waals surface area contributed by atoms with Crippen molar-refractivity contribution in [3.8, 4) is 0 Å². The van der Waals surface area contributed by atoms with Crippen LogP contribution in [0.4, 0.5) is 0 Å². The van der Waals surface area contributed by atoms with Gasteiger partial charge in [0.05, 0.1) is 12.4 Å². The van der Waals surface area contributed by atoms with Gasteiger partial charge in [-0.15, -0.1) is 24.0 Å². The van der Waals surface area contributed by atoms with Crippen molar-refractivity contribution in [3.63, 3.8) is 0 Å². The van der Waals surface area contributed by atoms with Gasteiger partial charge < -0.3 is 15.4 Å². The molecule has 0 aliphatic heterocycles. The van der Waals surface area contributed by atoms with Gasteiger partial charge in [0, 0.05) is 32.8 Å². The standard InChI is InChI=1S/C17H30N4O3S.HI/c1-5-24-11-10-19-17(18-4)20-12-15-6-8-16(9-7-15)13-25(22,23)21-14(2)3;/h6-9,14,21H,5,10-13H2,1-4H3,(H2,18,19,20);1H. The summed E-state index contributed by atoms with van der Waals surface area (Å²) in [4.78, 5) is 4.15. The highest BCUT2D eigenvalue weighted by Crippen LogP contribution is 2.08. The van der Waals surface area contributed by atoms with Crippen LogP contribution in [0.2, 0.25) is 0 Å². The number of rotatable bonds is 10. The minimum Gasteiger partial charge on any atom is -0.380 e. The summed E-state index contributed by atoms with van der Waals surface area (Å²) in [6, 6.07) is 7.40. The van der Waals surface area contributed by atoms with Crippen LogP contribution in [-0.4, -0.2) is 47.2 Å². The number of sulfonamides is 1. The van der Waals surface area contributed by atoms with E-state index < -0.39 is 10.0 Å². The second-order valence-corrected chi connectivity index (χ2v) is 7.65. The molecule has 0 aromatic heterocycles. The van der Waals surface area contributed by atoms with E-state index in [-0.39, 0.29) is 35.8 Å². The van der Waals surface area contributed by atoms with Crippen LogP contribution in [-0.2, 0) is 27.1 Å². The molecule has 7 nitrogen and oxygen atoms in total. The number of ether oxygens (including phenoxy) is 1. The van der Waals surface area contributed by atoms with Crippen molar-refractivity contribution in [2.45, 2.75) is 39.1 Å². The minimum absolute atomic E-state index is 0. The average Bonchev–Trinajstić information content (AvgIpc) is 2.54. The first-order valence-corrected chi connectivity index (χ1v) is 10.1. The molecule has 150 valence electrons. The summed E-state index contributed by atoms with van der Waals surface area (Å²) < 4.78 is 31.7. The number of hydrogen-bond donors (Lipinski definition) is 3. The molecule has 26 heavy (non-hydrogen) atoms. The molecule has 0 amide bonds. The molecule has 9 heteroatoms. The highest BCUT2D eigenvalue weighted by Gasteiger charge is 2.12. The van der Waals surface area contributed by atoms with Crippen molar-refractivity contribution in [2.24, 2.45) is 4.99 Å². The van der Waals surface area contributed by atoms with Crippen LogP contribution < -0.4 is 15.4 Å². The Labute approximate surface area is 174 Å². The van der Waals surface area contributed by atoms with Crippen molar-refractivity contribution < 1.29 is 13.2 Å². The van der Waals surface area contributed by atoms with Crippen LogP contribution >= 0.6 is 24.0 Å². The van der Waals surface area contributed by atoms with E-state index in [9.17, 15) is 8.42 Å². The van der Waals surface area contributed by atoms with Gasteiger partial charge in [0.2, 0.25) is 10.0 Å². The Hall–Kier alpha value is -0.910. The van der Waals surface area contributed by atoms with Gasteiger partial charge in [-0.25, -0.2) is 13.1 Å². The molecule has 0 aliphatic rings. The van der Waals surface area contributed by atoms with Gasteiger partial charge in [-0.1, -0.05) is 24.3 Å². The first kappa shape index (κ1) is 25.1. The molecule has 0 aliphatic carbocycles. The molecule has 1 aromatic carbocycles. The van der Waals surface area contributed by atoms with E-state index in [1.54, 1.807) is 7.05 Å². The monoisotopic (exact) mass is 498 g/mol. The van der Waals surface area contributed by atoms with E-state index in [0.717, 1.165) is 11.1 Å². The van der Waals surface area contributed by atoms with Crippen LogP contribution in [0.5, 0.6) is 0 Å². The molecule has 0 saturated carbocycles. The Morgan fingerprint density at radius 2 is 1.77 bits per heavy atom. The van der Waals surface area contributed by atoms with E-state index in [4.69, 9.17) is 4.74 Å². The number of nitrogens with one attached hydrogen (secondary N) is 3. The maximum atomic E-state index is 11.9. The zero-order valence-electron chi connectivity index (χ0n) is 15.9. The molecule has 0 spiro atoms. The fourth-order valence-corrected chi connectivity index (χ4v) is 3.60. The van der Waals surface area contributed by atoms with Crippen molar-refractivity contribution in [3.05, 3.63) is 35.4 Å². The lowest BCUT2D eigenvalue weighted by Gasteiger charge is -2.12. The van der Waals surface area contributed by atoms with Gasteiger partial charge in [-0.2, -0.15) is 0 Å². The van der Waals surface area contributed by atoms with E-state index in [0.29, 0.717) is 32.3 Å². The van der Waals surface area contributed by atoms with Gasteiger partial charge in [0.25, 0.3) is 0 Å². The van der Waals surface area contributed by atoms with E-state index in [1.807, 2.05) is 45.0 Å². The highest BCUT2D eigenvalue weighted by atomic mass is 127. The summed E-state index contributed by atoms with van der Waals surface area (Å²) >= 11 is 0. The van der Waals surface area contributed by atoms with E-state index in [2.05, 4.69) is 20.3 Å². The number of aliphatic imine (C=N–C) groups is 1. The summed E-state index contributed by atoms with van der Waals surface area (Å²) in [5.41, 5.74) is 1.81. The number of hydrogen-bond acceptors (Lipinski definition) is 4. The smallest absolute Gasteiger partial charge is 0.216 e. The predicted molar refractivity (Wildman–Crippen MR) is 117 cm³/mol. The Morgan fingerprint density at radius 3 is 2.31 bits per heavy atom. The maximum absolute atomic E-state index is 11.9. The summed E-state index contributed by atoms with van der Waals surface area (Å²) in [6.45, 7) is 8.19. The Balaban J connectivity index is 0.00000625. The molecule has 0 bridgehead atoms. The van der Waals surface area contributed by atoms with Gasteiger partial charge in [0.1, 0.15) is 0 Å². The number of nitrogens with zero attached hydrogens (tertiary/aromatic N) is 1. The maximum Gasteiger partial charge on any atom is 0.216 e. The first-order chi connectivity index (χ1) is 11.9. The van der Waals surface area contributed by atoms with Crippen molar-refractivity contribution in [1.29, 1.82) is 0 Å². The topological polar surface area (TPSA) is 91.8 Å². The van der Waals surface area contributed by atoms with Crippen molar-refractivity contribution >= 4 is 40.0 Å². The summed E-state index contributed by atoms with van der Waals surface area (Å²) in [7, 11) is -1.58. The third-order valence-electron chi connectivity index (χ3n) is 3.22. The fourth-order valence-electron chi connectivity index (χ4n) is 2.17. The summed E-state index contributed by atoms with van der Waals surface area (Å²) in [5.74, 6) is 0.687. The third kappa shape index (κ3) is 10.9. The second kappa shape index (κ2) is 13.3. The molecule has 1 aromatic rings. The van der Waals surface area contributed by atoms with Gasteiger partial charge in [-0.05, 0) is 31.9 Å². The lowest BCUT2D eigenvalue weighted by atomic mass is 10.1. The van der Waals surface area contributed by atoms with Crippen LogP contribution in [0, 0.1) is 0 Å². The zero-order chi connectivity index (χ0) is 18.7. The molecule has 0 heterocycles. The van der Waals surface area contributed by atoms with E-state index >= 15 is 0 Å². The van der Waals surface area contributed by atoms with Gasteiger partial charge in [0.15, 0.2) is 5.96 Å².